The summed E-state index contributed by atoms with van der Waals surface area (Å²) in [5.41, 5.74) is 0. The largest absolute Gasteiger partial charge is 0.354 e. The Balaban J connectivity index is 2.56. The number of amides is 5. The van der Waals surface area contributed by atoms with Crippen molar-refractivity contribution < 1.29 is 23.6 Å². The molecule has 0 aromatic rings. The maximum atomic E-state index is 13.1. The van der Waals surface area contributed by atoms with Gasteiger partial charge < -0.3 is 5.32 Å². The van der Waals surface area contributed by atoms with E-state index in [-0.39, 0.29) is 24.9 Å². The molecule has 1 aliphatic rings. The van der Waals surface area contributed by atoms with Crippen molar-refractivity contribution in [3.8, 4) is 0 Å². The molecule has 0 bridgehead atoms. The average molecular weight is 259 g/mol. The highest BCUT2D eigenvalue weighted by molar-refractivity contribution is 6.18. The van der Waals surface area contributed by atoms with Gasteiger partial charge in [-0.05, 0) is 13.8 Å². The Morgan fingerprint density at radius 1 is 1.44 bits per heavy atom. The number of nitrogens with zero attached hydrogens (tertiary/aromatic N) is 1. The lowest BCUT2D eigenvalue weighted by Gasteiger charge is -2.26. The highest BCUT2D eigenvalue weighted by Gasteiger charge is 2.40. The van der Waals surface area contributed by atoms with Gasteiger partial charge in [-0.3, -0.25) is 24.6 Å². The zero-order chi connectivity index (χ0) is 13.9. The molecule has 0 aliphatic carbocycles. The Morgan fingerprint density at radius 3 is 2.61 bits per heavy atom. The van der Waals surface area contributed by atoms with Crippen LogP contribution in [0.4, 0.5) is 9.18 Å². The molecule has 0 aromatic carbocycles. The maximum absolute atomic E-state index is 13.1. The quantitative estimate of drug-likeness (QED) is 0.654. The molecule has 8 heteroatoms. The van der Waals surface area contributed by atoms with Gasteiger partial charge in [0.25, 0.3) is 18.0 Å². The molecular formula is C10H14FN3O4. The van der Waals surface area contributed by atoms with Crippen LogP contribution in [0.1, 0.15) is 20.3 Å². The molecule has 100 valence electrons. The highest BCUT2D eigenvalue weighted by Crippen LogP contribution is 2.07. The number of alkyl halides is 1. The van der Waals surface area contributed by atoms with Gasteiger partial charge in [0.1, 0.15) is 0 Å². The molecule has 0 spiro atoms. The van der Waals surface area contributed by atoms with Crippen LogP contribution in [0.3, 0.4) is 0 Å². The summed E-state index contributed by atoms with van der Waals surface area (Å²) in [5, 5.41) is 4.26. The van der Waals surface area contributed by atoms with Crippen LogP contribution in [-0.4, -0.2) is 47.4 Å². The topological polar surface area (TPSA) is 95.6 Å². The normalized spacial score (nSPS) is 20.1. The van der Waals surface area contributed by atoms with Gasteiger partial charge in [0.2, 0.25) is 5.91 Å². The Labute approximate surface area is 103 Å². The number of rotatable bonds is 4. The second-order valence-electron chi connectivity index (χ2n) is 4.12. The van der Waals surface area contributed by atoms with E-state index in [4.69, 9.17) is 0 Å². The Hall–Kier alpha value is -1.99. The lowest BCUT2D eigenvalue weighted by molar-refractivity contribution is -0.143. The van der Waals surface area contributed by atoms with E-state index in [2.05, 4.69) is 5.32 Å². The van der Waals surface area contributed by atoms with Gasteiger partial charge in [-0.2, -0.15) is 0 Å². The first-order valence-electron chi connectivity index (χ1n) is 5.42. The maximum Gasteiger partial charge on any atom is 0.330 e. The Kier molecular flexibility index (Phi) is 4.35. The number of halogens is 1. The summed E-state index contributed by atoms with van der Waals surface area (Å²) < 4.78 is 13.1. The minimum atomic E-state index is -2.39. The predicted molar refractivity (Wildman–Crippen MR) is 58.0 cm³/mol. The molecule has 1 saturated heterocycles. The zero-order valence-electron chi connectivity index (χ0n) is 10.0. The summed E-state index contributed by atoms with van der Waals surface area (Å²) in [6, 6.07) is -1.07. The van der Waals surface area contributed by atoms with E-state index < -0.39 is 24.0 Å². The number of nitrogens with one attached hydrogen (secondary N) is 2. The van der Waals surface area contributed by atoms with Crippen LogP contribution < -0.4 is 10.6 Å². The lowest BCUT2D eigenvalue weighted by atomic mass is 10.2. The minimum Gasteiger partial charge on any atom is -0.354 e. The second kappa shape index (κ2) is 5.56. The van der Waals surface area contributed by atoms with E-state index >= 15 is 0 Å². The molecule has 1 fully saturated rings. The van der Waals surface area contributed by atoms with Crippen molar-refractivity contribution in [3.63, 3.8) is 0 Å². The minimum absolute atomic E-state index is 0.0705. The van der Waals surface area contributed by atoms with Crippen LogP contribution in [0.2, 0.25) is 0 Å². The predicted octanol–water partition coefficient (Wildman–Crippen LogP) is -0.682. The van der Waals surface area contributed by atoms with E-state index in [1.165, 1.54) is 0 Å². The Morgan fingerprint density at radius 2 is 2.06 bits per heavy atom. The summed E-state index contributed by atoms with van der Waals surface area (Å²) in [7, 11) is 0. The number of imide groups is 2. The van der Waals surface area contributed by atoms with Crippen molar-refractivity contribution in [2.45, 2.75) is 32.5 Å². The third-order valence-electron chi connectivity index (χ3n) is 2.20. The number of urea groups is 1. The fourth-order valence-electron chi connectivity index (χ4n) is 1.40. The first-order valence-corrected chi connectivity index (χ1v) is 5.42. The number of carbonyl (C=O) groups is 4. The van der Waals surface area contributed by atoms with Crippen molar-refractivity contribution in [1.29, 1.82) is 0 Å². The standard InChI is InChI=1S/C10H14FN3O4/c1-5(2)12-6(15)3-4-14-9(17)7(11)8(16)13-10(14)18/h5,7H,3-4H2,1-2H3,(H,12,15)(H,13,16,18). The second-order valence-corrected chi connectivity index (χ2v) is 4.12. The van der Waals surface area contributed by atoms with Crippen molar-refractivity contribution in [1.82, 2.24) is 15.5 Å². The molecule has 18 heavy (non-hydrogen) atoms. The molecule has 5 amide bonds. The summed E-state index contributed by atoms with van der Waals surface area (Å²) in [4.78, 5) is 45.2. The highest BCUT2D eigenvalue weighted by atomic mass is 19.1. The molecule has 0 radical (unpaired) electrons. The fraction of sp³-hybridized carbons (Fsp3) is 0.600. The summed E-state index contributed by atoms with van der Waals surface area (Å²) in [5.74, 6) is -2.87. The van der Waals surface area contributed by atoms with Crippen LogP contribution in [0, 0.1) is 0 Å². The van der Waals surface area contributed by atoms with Gasteiger partial charge in [0.15, 0.2) is 0 Å². The third-order valence-corrected chi connectivity index (χ3v) is 2.20. The van der Waals surface area contributed by atoms with Crippen LogP contribution in [-0.2, 0) is 14.4 Å². The van der Waals surface area contributed by atoms with Gasteiger partial charge in [0, 0.05) is 19.0 Å². The lowest BCUT2D eigenvalue weighted by Crippen LogP contribution is -2.59. The van der Waals surface area contributed by atoms with E-state index in [9.17, 15) is 23.6 Å². The third kappa shape index (κ3) is 3.25. The SMILES string of the molecule is CC(C)NC(=O)CCN1C(=O)NC(=O)C(F)C1=O. The monoisotopic (exact) mass is 259 g/mol. The van der Waals surface area contributed by atoms with Crippen molar-refractivity contribution >= 4 is 23.8 Å². The van der Waals surface area contributed by atoms with E-state index in [1.807, 2.05) is 0 Å². The van der Waals surface area contributed by atoms with Crippen LogP contribution in [0.15, 0.2) is 0 Å². The molecule has 1 unspecified atom stereocenters. The molecule has 0 aromatic heterocycles. The summed E-state index contributed by atoms with van der Waals surface area (Å²) in [6.45, 7) is 3.25. The van der Waals surface area contributed by atoms with Crippen molar-refractivity contribution in [3.05, 3.63) is 0 Å². The molecule has 1 atom stereocenters. The average Bonchev–Trinajstić information content (AvgIpc) is 2.25. The number of hydrogen-bond donors (Lipinski definition) is 2. The smallest absolute Gasteiger partial charge is 0.330 e. The van der Waals surface area contributed by atoms with Crippen LogP contribution in [0.5, 0.6) is 0 Å². The van der Waals surface area contributed by atoms with Crippen LogP contribution >= 0.6 is 0 Å². The first-order chi connectivity index (χ1) is 8.32. The fourth-order valence-corrected chi connectivity index (χ4v) is 1.40. The van der Waals surface area contributed by atoms with Crippen molar-refractivity contribution in [2.24, 2.45) is 0 Å². The Bertz CT molecular complexity index is 397. The van der Waals surface area contributed by atoms with Crippen LogP contribution in [0.25, 0.3) is 0 Å². The molecule has 1 aliphatic heterocycles. The number of barbiturate groups is 1. The molecule has 1 rings (SSSR count). The van der Waals surface area contributed by atoms with Gasteiger partial charge in [-0.1, -0.05) is 0 Å². The van der Waals surface area contributed by atoms with Gasteiger partial charge >= 0.3 is 6.03 Å². The van der Waals surface area contributed by atoms with Crippen molar-refractivity contribution in [2.75, 3.05) is 6.54 Å². The van der Waals surface area contributed by atoms with Gasteiger partial charge in [0.05, 0.1) is 0 Å². The first kappa shape index (κ1) is 14.1. The molecule has 0 saturated carbocycles. The number of hydrogen-bond acceptors (Lipinski definition) is 4. The van der Waals surface area contributed by atoms with Gasteiger partial charge in [-0.15, -0.1) is 0 Å². The zero-order valence-corrected chi connectivity index (χ0v) is 10.0. The molecule has 2 N–H and O–H groups in total. The number of carbonyl (C=O) groups excluding carboxylic acids is 4. The summed E-state index contributed by atoms with van der Waals surface area (Å²) >= 11 is 0. The molecule has 7 nitrogen and oxygen atoms in total. The van der Waals surface area contributed by atoms with E-state index in [0.717, 1.165) is 0 Å². The van der Waals surface area contributed by atoms with Gasteiger partial charge in [-0.25, -0.2) is 9.18 Å². The van der Waals surface area contributed by atoms with E-state index in [1.54, 1.807) is 19.2 Å². The summed E-state index contributed by atoms with van der Waals surface area (Å²) in [6.07, 6.45) is -2.53. The molecular weight excluding hydrogens is 245 g/mol. The molecule has 1 heterocycles. The van der Waals surface area contributed by atoms with E-state index in [0.29, 0.717) is 4.90 Å².